The molecule has 1 fully saturated rings. The maximum atomic E-state index is 13.1. The third-order valence-electron chi connectivity index (χ3n) is 5.28. The molecule has 1 aliphatic heterocycles. The zero-order valence-electron chi connectivity index (χ0n) is 14.9. The van der Waals surface area contributed by atoms with E-state index in [9.17, 15) is 23.4 Å². The Morgan fingerprint density at radius 2 is 1.52 bits per heavy atom. The molecule has 0 bridgehead atoms. The Morgan fingerprint density at radius 3 is 2.15 bits per heavy atom. The number of hydrogen-bond donors (Lipinski definition) is 2. The van der Waals surface area contributed by atoms with Gasteiger partial charge in [-0.3, -0.25) is 0 Å². The van der Waals surface area contributed by atoms with Gasteiger partial charge in [-0.25, -0.2) is 0 Å². The number of likely N-dealkylation sites (tertiary alicyclic amines) is 1. The number of β-amino-alcohol motifs (C(OH)–C–C–N with tert-alkyl or cyclic N) is 1. The van der Waals surface area contributed by atoms with E-state index in [4.69, 9.17) is 0 Å². The summed E-state index contributed by atoms with van der Waals surface area (Å²) in [5, 5.41) is 20.9. The molecule has 0 radical (unpaired) electrons. The van der Waals surface area contributed by atoms with Crippen LogP contribution in [-0.2, 0) is 6.18 Å². The number of piperidine rings is 1. The van der Waals surface area contributed by atoms with Crippen LogP contribution in [0.4, 0.5) is 13.2 Å². The minimum absolute atomic E-state index is 0.0866. The van der Waals surface area contributed by atoms with Crippen LogP contribution in [-0.4, -0.2) is 34.7 Å². The van der Waals surface area contributed by atoms with Crippen LogP contribution in [0.15, 0.2) is 54.6 Å². The number of alkyl halides is 3. The molecular weight excluding hydrogens is 355 g/mol. The first kappa shape index (κ1) is 19.9. The lowest BCUT2D eigenvalue weighted by molar-refractivity contribution is -0.139. The zero-order valence-corrected chi connectivity index (χ0v) is 14.9. The number of benzene rings is 2. The van der Waals surface area contributed by atoms with Gasteiger partial charge in [0.05, 0.1) is 17.8 Å². The Kier molecular flexibility index (Phi) is 6.19. The van der Waals surface area contributed by atoms with Gasteiger partial charge in [0.15, 0.2) is 0 Å². The first-order chi connectivity index (χ1) is 12.9. The monoisotopic (exact) mass is 379 g/mol. The molecule has 2 aromatic carbocycles. The summed E-state index contributed by atoms with van der Waals surface area (Å²) in [5.74, 6) is 0.114. The lowest BCUT2D eigenvalue weighted by atomic mass is 9.87. The van der Waals surface area contributed by atoms with Crippen molar-refractivity contribution < 1.29 is 23.4 Å². The summed E-state index contributed by atoms with van der Waals surface area (Å²) >= 11 is 0. The smallest absolute Gasteiger partial charge is 0.388 e. The SMILES string of the molecule is O[C@H](CN1CCC([C@@H](O)c2ccccc2)CC1)c1ccccc1C(F)(F)F. The van der Waals surface area contributed by atoms with Crippen molar-refractivity contribution in [3.8, 4) is 0 Å². The Bertz CT molecular complexity index is 728. The lowest BCUT2D eigenvalue weighted by Crippen LogP contribution is -2.38. The highest BCUT2D eigenvalue weighted by molar-refractivity contribution is 5.31. The first-order valence-corrected chi connectivity index (χ1v) is 9.16. The molecule has 0 amide bonds. The fraction of sp³-hybridized carbons (Fsp3) is 0.429. The van der Waals surface area contributed by atoms with Crippen LogP contribution in [0.1, 0.15) is 41.7 Å². The molecule has 27 heavy (non-hydrogen) atoms. The van der Waals surface area contributed by atoms with Gasteiger partial charge in [-0.15, -0.1) is 0 Å². The van der Waals surface area contributed by atoms with Crippen LogP contribution in [0, 0.1) is 5.92 Å². The topological polar surface area (TPSA) is 43.7 Å². The molecule has 1 heterocycles. The van der Waals surface area contributed by atoms with Crippen molar-refractivity contribution >= 4 is 0 Å². The standard InChI is InChI=1S/C21H24F3NO2/c22-21(23,24)18-9-5-4-8-17(18)19(26)14-25-12-10-16(11-13-25)20(27)15-6-2-1-3-7-15/h1-9,16,19-20,26-27H,10-14H2/t19-,20+/m1/s1. The molecular formula is C21H24F3NO2. The molecule has 0 saturated carbocycles. The van der Waals surface area contributed by atoms with Crippen LogP contribution < -0.4 is 0 Å². The molecule has 6 heteroatoms. The molecule has 3 rings (SSSR count). The van der Waals surface area contributed by atoms with Gasteiger partial charge in [0.1, 0.15) is 0 Å². The van der Waals surface area contributed by atoms with E-state index >= 15 is 0 Å². The highest BCUT2D eigenvalue weighted by Gasteiger charge is 2.35. The van der Waals surface area contributed by atoms with Crippen molar-refractivity contribution in [2.24, 2.45) is 5.92 Å². The summed E-state index contributed by atoms with van der Waals surface area (Å²) in [6.45, 7) is 1.43. The predicted molar refractivity (Wildman–Crippen MR) is 97.0 cm³/mol. The van der Waals surface area contributed by atoms with E-state index in [0.29, 0.717) is 13.1 Å². The van der Waals surface area contributed by atoms with Gasteiger partial charge in [-0.05, 0) is 49.0 Å². The van der Waals surface area contributed by atoms with E-state index in [1.807, 2.05) is 35.2 Å². The average molecular weight is 379 g/mol. The van der Waals surface area contributed by atoms with Gasteiger partial charge in [0.2, 0.25) is 0 Å². The molecule has 2 N–H and O–H groups in total. The normalized spacial score (nSPS) is 19.0. The van der Waals surface area contributed by atoms with Crippen molar-refractivity contribution in [1.82, 2.24) is 4.90 Å². The van der Waals surface area contributed by atoms with E-state index < -0.39 is 23.9 Å². The summed E-state index contributed by atoms with van der Waals surface area (Å²) in [6.07, 6.45) is -4.74. The van der Waals surface area contributed by atoms with Crippen LogP contribution in [0.2, 0.25) is 0 Å². The second-order valence-electron chi connectivity index (χ2n) is 7.09. The van der Waals surface area contributed by atoms with Gasteiger partial charge < -0.3 is 15.1 Å². The van der Waals surface area contributed by atoms with E-state index in [1.165, 1.54) is 18.2 Å². The average Bonchev–Trinajstić information content (AvgIpc) is 2.68. The number of aliphatic hydroxyl groups excluding tert-OH is 2. The molecule has 0 spiro atoms. The quantitative estimate of drug-likeness (QED) is 0.819. The summed E-state index contributed by atoms with van der Waals surface area (Å²) in [4.78, 5) is 1.96. The van der Waals surface area contributed by atoms with Crippen LogP contribution >= 0.6 is 0 Å². The number of halogens is 3. The maximum Gasteiger partial charge on any atom is 0.416 e. The Balaban J connectivity index is 1.58. The first-order valence-electron chi connectivity index (χ1n) is 9.16. The van der Waals surface area contributed by atoms with Crippen molar-refractivity contribution in [3.05, 3.63) is 71.3 Å². The second kappa shape index (κ2) is 8.42. The molecule has 0 aliphatic carbocycles. The van der Waals surface area contributed by atoms with Crippen LogP contribution in [0.3, 0.4) is 0 Å². The van der Waals surface area contributed by atoms with Crippen molar-refractivity contribution in [1.29, 1.82) is 0 Å². The predicted octanol–water partition coefficient (Wildman–Crippen LogP) is 4.18. The van der Waals surface area contributed by atoms with E-state index in [2.05, 4.69) is 0 Å². The lowest BCUT2D eigenvalue weighted by Gasteiger charge is -2.35. The second-order valence-corrected chi connectivity index (χ2v) is 7.09. The molecule has 3 nitrogen and oxygen atoms in total. The summed E-state index contributed by atoms with van der Waals surface area (Å²) < 4.78 is 39.4. The Labute approximate surface area is 157 Å². The molecule has 146 valence electrons. The van der Waals surface area contributed by atoms with Crippen LogP contribution in [0.5, 0.6) is 0 Å². The summed E-state index contributed by atoms with van der Waals surface area (Å²) in [7, 11) is 0. The molecule has 2 atom stereocenters. The number of aliphatic hydroxyl groups is 2. The van der Waals surface area contributed by atoms with Gasteiger partial charge in [-0.1, -0.05) is 48.5 Å². The fourth-order valence-electron chi connectivity index (χ4n) is 3.76. The number of rotatable bonds is 5. The van der Waals surface area contributed by atoms with Crippen molar-refractivity contribution in [2.45, 2.75) is 31.2 Å². The Morgan fingerprint density at radius 1 is 0.926 bits per heavy atom. The van der Waals surface area contributed by atoms with Gasteiger partial charge in [0, 0.05) is 6.54 Å². The largest absolute Gasteiger partial charge is 0.416 e. The number of hydrogen-bond acceptors (Lipinski definition) is 3. The molecule has 1 aliphatic rings. The molecule has 0 aromatic heterocycles. The highest BCUT2D eigenvalue weighted by Crippen LogP contribution is 2.35. The van der Waals surface area contributed by atoms with Crippen molar-refractivity contribution in [2.75, 3.05) is 19.6 Å². The third-order valence-corrected chi connectivity index (χ3v) is 5.28. The highest BCUT2D eigenvalue weighted by atomic mass is 19.4. The minimum Gasteiger partial charge on any atom is -0.388 e. The number of nitrogens with zero attached hydrogens (tertiary/aromatic N) is 1. The minimum atomic E-state index is -4.48. The van der Waals surface area contributed by atoms with Gasteiger partial charge in [0.25, 0.3) is 0 Å². The van der Waals surface area contributed by atoms with E-state index in [0.717, 1.165) is 24.5 Å². The van der Waals surface area contributed by atoms with E-state index in [1.54, 1.807) is 0 Å². The van der Waals surface area contributed by atoms with Crippen LogP contribution in [0.25, 0.3) is 0 Å². The molecule has 1 saturated heterocycles. The summed E-state index contributed by atoms with van der Waals surface area (Å²) in [6, 6.07) is 14.7. The summed E-state index contributed by atoms with van der Waals surface area (Å²) in [5.41, 5.74) is 0.0124. The van der Waals surface area contributed by atoms with Gasteiger partial charge in [-0.2, -0.15) is 13.2 Å². The zero-order chi connectivity index (χ0) is 19.4. The third kappa shape index (κ3) is 4.89. The van der Waals surface area contributed by atoms with Gasteiger partial charge >= 0.3 is 6.18 Å². The molecule has 2 aromatic rings. The Hall–Kier alpha value is -1.89. The van der Waals surface area contributed by atoms with E-state index in [-0.39, 0.29) is 18.0 Å². The fourth-order valence-corrected chi connectivity index (χ4v) is 3.76. The van der Waals surface area contributed by atoms with Crippen molar-refractivity contribution in [3.63, 3.8) is 0 Å². The molecule has 0 unspecified atom stereocenters. The maximum absolute atomic E-state index is 13.1.